The van der Waals surface area contributed by atoms with Crippen molar-refractivity contribution in [3.05, 3.63) is 101 Å². The van der Waals surface area contributed by atoms with E-state index in [1.165, 1.54) is 0 Å². The van der Waals surface area contributed by atoms with Gasteiger partial charge in [-0.3, -0.25) is 9.59 Å². The van der Waals surface area contributed by atoms with Crippen molar-refractivity contribution in [2.45, 2.75) is 57.5 Å². The van der Waals surface area contributed by atoms with E-state index in [1.54, 1.807) is 30.3 Å². The topological polar surface area (TPSA) is 87.7 Å². The summed E-state index contributed by atoms with van der Waals surface area (Å²) in [6.45, 7) is 3.43. The molecule has 0 spiro atoms. The molecule has 3 rings (SSSR count). The van der Waals surface area contributed by atoms with E-state index in [0.29, 0.717) is 11.3 Å². The third-order valence-corrected chi connectivity index (χ3v) is 6.31. The standard InChI is InChI=1S/C30H33F3N2O4/c1-20-10-9-11-21(2)28(20)39-19-27(37)35-25(17-23-14-7-4-8-15-23)26(36)18-24(34-29(38)30(31,32)33)16-22-12-5-3-6-13-22/h3-15,24-26,36H,16-19H2,1-2H3,(H,34,38)(H,35,37)/t24-,25-,26-/m0/s1. The first-order valence-corrected chi connectivity index (χ1v) is 12.6. The van der Waals surface area contributed by atoms with Gasteiger partial charge in [0.25, 0.3) is 5.91 Å². The Labute approximate surface area is 226 Å². The number of amides is 2. The molecule has 39 heavy (non-hydrogen) atoms. The van der Waals surface area contributed by atoms with E-state index in [0.717, 1.165) is 16.7 Å². The number of nitrogens with one attached hydrogen (secondary N) is 2. The summed E-state index contributed by atoms with van der Waals surface area (Å²) in [5.74, 6) is -1.98. The molecule has 9 heteroatoms. The highest BCUT2D eigenvalue weighted by atomic mass is 19.4. The first-order valence-electron chi connectivity index (χ1n) is 12.6. The predicted molar refractivity (Wildman–Crippen MR) is 142 cm³/mol. The van der Waals surface area contributed by atoms with Gasteiger partial charge in [0.1, 0.15) is 5.75 Å². The molecule has 6 nitrogen and oxygen atoms in total. The van der Waals surface area contributed by atoms with Crippen molar-refractivity contribution in [2.24, 2.45) is 0 Å². The van der Waals surface area contributed by atoms with E-state index in [2.05, 4.69) is 5.32 Å². The van der Waals surface area contributed by atoms with Gasteiger partial charge in [0.15, 0.2) is 6.61 Å². The lowest BCUT2D eigenvalue weighted by Gasteiger charge is -2.29. The maximum absolute atomic E-state index is 13.0. The molecule has 0 aromatic heterocycles. The summed E-state index contributed by atoms with van der Waals surface area (Å²) in [7, 11) is 0. The number of alkyl halides is 3. The molecule has 3 N–H and O–H groups in total. The highest BCUT2D eigenvalue weighted by Crippen LogP contribution is 2.22. The Hall–Kier alpha value is -3.85. The number of carbonyl (C=O) groups is 2. The van der Waals surface area contributed by atoms with Crippen LogP contribution in [0, 0.1) is 13.8 Å². The summed E-state index contributed by atoms with van der Waals surface area (Å²) in [4.78, 5) is 24.6. The summed E-state index contributed by atoms with van der Waals surface area (Å²) >= 11 is 0. The van der Waals surface area contributed by atoms with E-state index >= 15 is 0 Å². The van der Waals surface area contributed by atoms with E-state index in [-0.39, 0.29) is 25.9 Å². The molecule has 0 radical (unpaired) electrons. The third kappa shape index (κ3) is 9.44. The molecule has 2 amide bonds. The number of aliphatic hydroxyl groups excluding tert-OH is 1. The van der Waals surface area contributed by atoms with Gasteiger partial charge in [-0.05, 0) is 55.4 Å². The molecule has 3 atom stereocenters. The third-order valence-electron chi connectivity index (χ3n) is 6.31. The van der Waals surface area contributed by atoms with Crippen LogP contribution in [0.3, 0.4) is 0 Å². The maximum atomic E-state index is 13.0. The lowest BCUT2D eigenvalue weighted by Crippen LogP contribution is -2.51. The molecule has 0 heterocycles. The smallest absolute Gasteiger partial charge is 0.471 e. The lowest BCUT2D eigenvalue weighted by molar-refractivity contribution is -0.174. The van der Waals surface area contributed by atoms with Crippen LogP contribution in [-0.2, 0) is 22.4 Å². The van der Waals surface area contributed by atoms with Crippen molar-refractivity contribution < 1.29 is 32.6 Å². The van der Waals surface area contributed by atoms with Crippen LogP contribution < -0.4 is 15.4 Å². The number of aryl methyl sites for hydroxylation is 2. The number of benzene rings is 3. The zero-order valence-electron chi connectivity index (χ0n) is 21.9. The lowest BCUT2D eigenvalue weighted by atomic mass is 9.93. The van der Waals surface area contributed by atoms with Gasteiger partial charge < -0.3 is 20.5 Å². The van der Waals surface area contributed by atoms with Crippen LogP contribution in [0.1, 0.15) is 28.7 Å². The number of carbonyl (C=O) groups excluding carboxylic acids is 2. The van der Waals surface area contributed by atoms with Gasteiger partial charge in [-0.1, -0.05) is 78.9 Å². The maximum Gasteiger partial charge on any atom is 0.471 e. The molecule has 3 aromatic rings. The number of hydrogen-bond donors (Lipinski definition) is 3. The van der Waals surface area contributed by atoms with Crippen molar-refractivity contribution in [3.63, 3.8) is 0 Å². The average Bonchev–Trinajstić information content (AvgIpc) is 2.88. The zero-order chi connectivity index (χ0) is 28.4. The van der Waals surface area contributed by atoms with Gasteiger partial charge in [0.2, 0.25) is 0 Å². The Balaban J connectivity index is 1.75. The van der Waals surface area contributed by atoms with Gasteiger partial charge >= 0.3 is 12.1 Å². The number of hydrogen-bond acceptors (Lipinski definition) is 4. The van der Waals surface area contributed by atoms with Crippen LogP contribution in [0.4, 0.5) is 13.2 Å². The summed E-state index contributed by atoms with van der Waals surface area (Å²) in [6.07, 6.45) is -6.25. The monoisotopic (exact) mass is 542 g/mol. The predicted octanol–water partition coefficient (Wildman–Crippen LogP) is 4.45. The van der Waals surface area contributed by atoms with Crippen LogP contribution >= 0.6 is 0 Å². The second-order valence-electron chi connectivity index (χ2n) is 9.53. The Kier molecular flexibility index (Phi) is 10.5. The normalized spacial score (nSPS) is 13.7. The minimum atomic E-state index is -5.07. The van der Waals surface area contributed by atoms with Crippen molar-refractivity contribution in [3.8, 4) is 5.75 Å². The Morgan fingerprint density at radius 1 is 0.821 bits per heavy atom. The second-order valence-corrected chi connectivity index (χ2v) is 9.53. The fourth-order valence-electron chi connectivity index (χ4n) is 4.38. The van der Waals surface area contributed by atoms with Crippen LogP contribution in [-0.4, -0.2) is 47.9 Å². The van der Waals surface area contributed by atoms with Crippen molar-refractivity contribution in [1.82, 2.24) is 10.6 Å². The summed E-state index contributed by atoms with van der Waals surface area (Å²) < 4.78 is 44.9. The van der Waals surface area contributed by atoms with Gasteiger partial charge in [0.05, 0.1) is 12.1 Å². The van der Waals surface area contributed by atoms with E-state index < -0.39 is 36.2 Å². The Morgan fingerprint density at radius 3 is 1.90 bits per heavy atom. The highest BCUT2D eigenvalue weighted by molar-refractivity contribution is 5.82. The number of para-hydroxylation sites is 1. The molecule has 208 valence electrons. The quantitative estimate of drug-likeness (QED) is 0.316. The molecule has 0 saturated carbocycles. The first kappa shape index (κ1) is 29.7. The van der Waals surface area contributed by atoms with Crippen LogP contribution in [0.5, 0.6) is 5.75 Å². The fourth-order valence-corrected chi connectivity index (χ4v) is 4.38. The SMILES string of the molecule is Cc1cccc(C)c1OCC(=O)N[C@@H](Cc1ccccc1)[C@@H](O)C[C@H](Cc1ccccc1)NC(=O)C(F)(F)F. The van der Waals surface area contributed by atoms with Crippen molar-refractivity contribution >= 4 is 11.8 Å². The van der Waals surface area contributed by atoms with Crippen molar-refractivity contribution in [1.29, 1.82) is 0 Å². The molecule has 0 unspecified atom stereocenters. The minimum Gasteiger partial charge on any atom is -0.483 e. The van der Waals surface area contributed by atoms with Crippen molar-refractivity contribution in [2.75, 3.05) is 6.61 Å². The fraction of sp³-hybridized carbons (Fsp3) is 0.333. The average molecular weight is 543 g/mol. The van der Waals surface area contributed by atoms with Crippen LogP contribution in [0.15, 0.2) is 78.9 Å². The van der Waals surface area contributed by atoms with Crippen LogP contribution in [0.2, 0.25) is 0 Å². The molecule has 0 aliphatic rings. The number of aliphatic hydroxyl groups is 1. The summed E-state index contributed by atoms with van der Waals surface area (Å²) in [5.41, 5.74) is 3.25. The number of halogens is 3. The van der Waals surface area contributed by atoms with E-state index in [9.17, 15) is 27.9 Å². The van der Waals surface area contributed by atoms with Crippen LogP contribution in [0.25, 0.3) is 0 Å². The Bertz CT molecular complexity index is 1200. The number of rotatable bonds is 12. The minimum absolute atomic E-state index is 0.0708. The second kappa shape index (κ2) is 13.8. The van der Waals surface area contributed by atoms with Gasteiger partial charge in [-0.2, -0.15) is 13.2 Å². The highest BCUT2D eigenvalue weighted by Gasteiger charge is 2.40. The molecule has 0 fully saturated rings. The summed E-state index contributed by atoms with van der Waals surface area (Å²) in [6, 6.07) is 21.5. The first-order chi connectivity index (χ1) is 18.5. The van der Waals surface area contributed by atoms with E-state index in [1.807, 2.05) is 67.7 Å². The molecule has 3 aromatic carbocycles. The summed E-state index contributed by atoms with van der Waals surface area (Å²) in [5, 5.41) is 16.0. The molecule has 0 saturated heterocycles. The van der Waals surface area contributed by atoms with Gasteiger partial charge in [-0.15, -0.1) is 0 Å². The number of ether oxygens (including phenoxy) is 1. The Morgan fingerprint density at radius 2 is 1.36 bits per heavy atom. The molecular weight excluding hydrogens is 509 g/mol. The molecule has 0 bridgehead atoms. The molecule has 0 aliphatic carbocycles. The van der Waals surface area contributed by atoms with Gasteiger partial charge in [0, 0.05) is 6.04 Å². The van der Waals surface area contributed by atoms with Gasteiger partial charge in [-0.25, -0.2) is 0 Å². The van der Waals surface area contributed by atoms with E-state index in [4.69, 9.17) is 4.74 Å². The largest absolute Gasteiger partial charge is 0.483 e. The zero-order valence-corrected chi connectivity index (χ0v) is 21.9. The molecular formula is C30H33F3N2O4. The molecule has 0 aliphatic heterocycles.